The first-order chi connectivity index (χ1) is 5.84. The Hall–Kier alpha value is -0.370. The maximum atomic E-state index is 11.7. The number of ether oxygens (including phenoxy) is 1. The minimum Gasteiger partial charge on any atom is -0.370 e. The van der Waals surface area contributed by atoms with Gasteiger partial charge in [-0.3, -0.25) is 4.79 Å². The fraction of sp³-hybridized carbons (Fsp3) is 0.900. The predicted octanol–water partition coefficient (Wildman–Crippen LogP) is 1.53. The Morgan fingerprint density at radius 3 is 3.00 bits per heavy atom. The average Bonchev–Trinajstić information content (AvgIpc) is 2.16. The molecule has 0 unspecified atom stereocenters. The van der Waals surface area contributed by atoms with Crippen molar-refractivity contribution in [1.82, 2.24) is 0 Å². The largest absolute Gasteiger partial charge is 0.370 e. The summed E-state index contributed by atoms with van der Waals surface area (Å²) >= 11 is 0. The third kappa shape index (κ3) is 0.598. The molecule has 12 heavy (non-hydrogen) atoms. The predicted molar refractivity (Wildman–Crippen MR) is 43.8 cm³/mol. The lowest BCUT2D eigenvalue weighted by Gasteiger charge is -2.59. The second-order valence-electron chi connectivity index (χ2n) is 4.41. The molecule has 0 aromatic rings. The van der Waals surface area contributed by atoms with E-state index in [4.69, 9.17) is 4.74 Å². The minimum atomic E-state index is 0.0130. The van der Waals surface area contributed by atoms with E-state index in [9.17, 15) is 4.79 Å². The Kier molecular flexibility index (Phi) is 1.24. The van der Waals surface area contributed by atoms with Crippen molar-refractivity contribution in [3.63, 3.8) is 0 Å². The molecular weight excluding hydrogens is 152 g/mol. The molecule has 1 saturated heterocycles. The molecule has 0 radical (unpaired) electrons. The third-order valence-corrected chi connectivity index (χ3v) is 4.06. The van der Waals surface area contributed by atoms with Gasteiger partial charge in [0.25, 0.3) is 0 Å². The summed E-state index contributed by atoms with van der Waals surface area (Å²) in [7, 11) is 0. The first-order valence-corrected chi connectivity index (χ1v) is 5.00. The zero-order valence-corrected chi connectivity index (χ0v) is 7.21. The highest BCUT2D eigenvalue weighted by Gasteiger charge is 2.64. The van der Waals surface area contributed by atoms with Crippen LogP contribution in [0.5, 0.6) is 0 Å². The highest BCUT2D eigenvalue weighted by atomic mass is 16.5. The number of rotatable bonds is 0. The molecule has 3 rings (SSSR count). The van der Waals surface area contributed by atoms with Gasteiger partial charge in [-0.1, -0.05) is 12.8 Å². The van der Waals surface area contributed by atoms with Crippen LogP contribution in [0.25, 0.3) is 0 Å². The summed E-state index contributed by atoms with van der Waals surface area (Å²) in [6.45, 7) is 0.826. The van der Waals surface area contributed by atoms with Crippen LogP contribution in [0, 0.1) is 11.3 Å². The van der Waals surface area contributed by atoms with Gasteiger partial charge in [0, 0.05) is 17.9 Å². The summed E-state index contributed by atoms with van der Waals surface area (Å²) in [5.74, 6) is 1.03. The molecule has 1 aliphatic heterocycles. The van der Waals surface area contributed by atoms with Gasteiger partial charge in [-0.2, -0.15) is 0 Å². The maximum Gasteiger partial charge on any atom is 0.168 e. The van der Waals surface area contributed by atoms with E-state index >= 15 is 0 Å². The van der Waals surface area contributed by atoms with E-state index in [1.165, 1.54) is 19.3 Å². The van der Waals surface area contributed by atoms with E-state index in [0.717, 1.165) is 19.4 Å². The van der Waals surface area contributed by atoms with Gasteiger partial charge in [0.1, 0.15) is 6.10 Å². The van der Waals surface area contributed by atoms with Crippen LogP contribution in [0.15, 0.2) is 0 Å². The molecule has 1 spiro atoms. The van der Waals surface area contributed by atoms with Gasteiger partial charge >= 0.3 is 0 Å². The first-order valence-electron chi connectivity index (χ1n) is 5.00. The van der Waals surface area contributed by atoms with Gasteiger partial charge in [0.2, 0.25) is 0 Å². The first kappa shape index (κ1) is 7.07. The second-order valence-corrected chi connectivity index (χ2v) is 4.41. The summed E-state index contributed by atoms with van der Waals surface area (Å²) in [6, 6.07) is 0. The van der Waals surface area contributed by atoms with E-state index in [2.05, 4.69) is 0 Å². The van der Waals surface area contributed by atoms with Gasteiger partial charge in [-0.25, -0.2) is 0 Å². The monoisotopic (exact) mass is 166 g/mol. The smallest absolute Gasteiger partial charge is 0.168 e. The van der Waals surface area contributed by atoms with Crippen molar-refractivity contribution >= 4 is 5.78 Å². The van der Waals surface area contributed by atoms with Gasteiger partial charge < -0.3 is 4.74 Å². The van der Waals surface area contributed by atoms with Crippen LogP contribution >= 0.6 is 0 Å². The second kappa shape index (κ2) is 2.11. The van der Waals surface area contributed by atoms with Gasteiger partial charge in [0.05, 0.1) is 0 Å². The van der Waals surface area contributed by atoms with E-state index in [1.54, 1.807) is 0 Å². The number of carbonyl (C=O) groups excluding carboxylic acids is 1. The summed E-state index contributed by atoms with van der Waals surface area (Å²) in [6.07, 6.45) is 5.97. The van der Waals surface area contributed by atoms with Crippen molar-refractivity contribution in [3.8, 4) is 0 Å². The third-order valence-electron chi connectivity index (χ3n) is 4.06. The minimum absolute atomic E-state index is 0.0130. The average molecular weight is 166 g/mol. The molecule has 1 heterocycles. The molecule has 2 nitrogen and oxygen atoms in total. The number of Topliss-reactive ketones (excluding diaryl/α,β-unsaturated/α-hetero) is 1. The maximum absolute atomic E-state index is 11.7. The van der Waals surface area contributed by atoms with Crippen molar-refractivity contribution in [2.24, 2.45) is 11.3 Å². The summed E-state index contributed by atoms with van der Waals surface area (Å²) in [5.41, 5.74) is 0.112. The van der Waals surface area contributed by atoms with Crippen LogP contribution in [-0.2, 0) is 9.53 Å². The van der Waals surface area contributed by atoms with Crippen LogP contribution in [0.2, 0.25) is 0 Å². The van der Waals surface area contributed by atoms with Gasteiger partial charge in [0.15, 0.2) is 5.78 Å². The Bertz CT molecular complexity index is 230. The highest BCUT2D eigenvalue weighted by molar-refractivity contribution is 5.96. The molecular formula is C10H14O2. The molecule has 2 aliphatic carbocycles. The van der Waals surface area contributed by atoms with Crippen molar-refractivity contribution in [2.45, 2.75) is 38.2 Å². The highest BCUT2D eigenvalue weighted by Crippen LogP contribution is 2.58. The summed E-state index contributed by atoms with van der Waals surface area (Å²) in [4.78, 5) is 11.7. The van der Waals surface area contributed by atoms with Gasteiger partial charge in [-0.15, -0.1) is 0 Å². The fourth-order valence-corrected chi connectivity index (χ4v) is 3.38. The van der Waals surface area contributed by atoms with Crippen LogP contribution in [0.3, 0.4) is 0 Å². The summed E-state index contributed by atoms with van der Waals surface area (Å²) in [5, 5.41) is 0. The number of carbonyl (C=O) groups is 1. The van der Waals surface area contributed by atoms with Crippen molar-refractivity contribution in [2.75, 3.05) is 6.61 Å². The lowest BCUT2D eigenvalue weighted by molar-refractivity contribution is -0.209. The zero-order valence-electron chi connectivity index (χ0n) is 7.21. The van der Waals surface area contributed by atoms with Crippen LogP contribution < -0.4 is 0 Å². The number of hydrogen-bond acceptors (Lipinski definition) is 2. The lowest BCUT2D eigenvalue weighted by Crippen LogP contribution is -2.67. The molecule has 3 fully saturated rings. The molecule has 2 heteroatoms. The molecule has 3 aliphatic rings. The number of ketones is 1. The Labute approximate surface area is 72.3 Å². The SMILES string of the molecule is O=C1[C@@H]2OCC[C@]13CCCC[C@@H]23. The quantitative estimate of drug-likeness (QED) is 0.545. The van der Waals surface area contributed by atoms with Gasteiger partial charge in [-0.05, 0) is 19.3 Å². The van der Waals surface area contributed by atoms with Crippen LogP contribution in [-0.4, -0.2) is 18.5 Å². The topological polar surface area (TPSA) is 26.3 Å². The Morgan fingerprint density at radius 1 is 1.33 bits per heavy atom. The van der Waals surface area contributed by atoms with Crippen molar-refractivity contribution in [3.05, 3.63) is 0 Å². The fourth-order valence-electron chi connectivity index (χ4n) is 3.38. The van der Waals surface area contributed by atoms with E-state index < -0.39 is 0 Å². The van der Waals surface area contributed by atoms with Crippen molar-refractivity contribution in [1.29, 1.82) is 0 Å². The molecule has 2 saturated carbocycles. The molecule has 0 aromatic heterocycles. The standard InChI is InChI=1S/C10H14O2/c11-9-8-7-3-1-2-4-10(7,9)5-6-12-8/h7-8H,1-6H2/t7-,8+,10-/m0/s1. The zero-order chi connectivity index (χ0) is 8.18. The van der Waals surface area contributed by atoms with Crippen LogP contribution in [0.1, 0.15) is 32.1 Å². The molecule has 0 N–H and O–H groups in total. The molecule has 66 valence electrons. The Balaban J connectivity index is 1.95. The van der Waals surface area contributed by atoms with E-state index in [1.807, 2.05) is 0 Å². The lowest BCUT2D eigenvalue weighted by atomic mass is 9.49. The number of fused-ring (bicyclic) bond motifs is 2. The van der Waals surface area contributed by atoms with E-state index in [0.29, 0.717) is 11.7 Å². The molecule has 2 bridgehead atoms. The Morgan fingerprint density at radius 2 is 2.25 bits per heavy atom. The van der Waals surface area contributed by atoms with Crippen LogP contribution in [0.4, 0.5) is 0 Å². The molecule has 3 atom stereocenters. The normalized spacial score (nSPS) is 51.2. The summed E-state index contributed by atoms with van der Waals surface area (Å²) < 4.78 is 5.47. The molecule has 0 aromatic carbocycles. The van der Waals surface area contributed by atoms with Crippen molar-refractivity contribution < 1.29 is 9.53 Å². The van der Waals surface area contributed by atoms with E-state index in [-0.39, 0.29) is 11.5 Å². The molecule has 0 amide bonds. The number of hydrogen-bond donors (Lipinski definition) is 0.